The third-order valence-corrected chi connectivity index (χ3v) is 4.11. The first-order valence-corrected chi connectivity index (χ1v) is 7.70. The second-order valence-electron chi connectivity index (χ2n) is 6.24. The number of aliphatic hydroxyl groups excluding tert-OH is 1. The molecular weight excluding hydrogens is 266 g/mol. The minimum absolute atomic E-state index is 0.0918. The van der Waals surface area contributed by atoms with Crippen LogP contribution >= 0.6 is 0 Å². The number of aliphatic hydroxyl groups is 1. The van der Waals surface area contributed by atoms with Crippen LogP contribution in [0.5, 0.6) is 5.75 Å². The van der Waals surface area contributed by atoms with Crippen LogP contribution in [-0.2, 0) is 0 Å². The van der Waals surface area contributed by atoms with E-state index in [1.165, 1.54) is 0 Å². The summed E-state index contributed by atoms with van der Waals surface area (Å²) in [5, 5.41) is 12.5. The largest absolute Gasteiger partial charge is 0.491 e. The SMILES string of the molecule is CC(C)Oc1ccc(C(=O)NCC2(CO)CCCC2)cc1. The Kier molecular flexibility index (Phi) is 5.23. The third-order valence-electron chi connectivity index (χ3n) is 4.11. The molecule has 0 bridgehead atoms. The van der Waals surface area contributed by atoms with Gasteiger partial charge in [0.25, 0.3) is 5.91 Å². The average Bonchev–Trinajstić information content (AvgIpc) is 2.94. The van der Waals surface area contributed by atoms with E-state index in [0.717, 1.165) is 31.4 Å². The molecule has 2 N–H and O–H groups in total. The first-order chi connectivity index (χ1) is 10.0. The summed E-state index contributed by atoms with van der Waals surface area (Å²) in [5.74, 6) is 0.676. The van der Waals surface area contributed by atoms with Crippen molar-refractivity contribution in [3.63, 3.8) is 0 Å². The highest BCUT2D eigenvalue weighted by atomic mass is 16.5. The van der Waals surface area contributed by atoms with Gasteiger partial charge in [0.05, 0.1) is 12.7 Å². The van der Waals surface area contributed by atoms with Crippen molar-refractivity contribution in [1.82, 2.24) is 5.32 Å². The fourth-order valence-corrected chi connectivity index (χ4v) is 2.84. The lowest BCUT2D eigenvalue weighted by atomic mass is 9.87. The highest BCUT2D eigenvalue weighted by molar-refractivity contribution is 5.94. The first kappa shape index (κ1) is 15.8. The van der Waals surface area contributed by atoms with E-state index in [2.05, 4.69) is 5.32 Å². The van der Waals surface area contributed by atoms with Crippen molar-refractivity contribution >= 4 is 5.91 Å². The Bertz CT molecular complexity index is 461. The van der Waals surface area contributed by atoms with Crippen molar-refractivity contribution in [2.24, 2.45) is 5.41 Å². The van der Waals surface area contributed by atoms with Crippen molar-refractivity contribution in [3.8, 4) is 5.75 Å². The smallest absolute Gasteiger partial charge is 0.251 e. The monoisotopic (exact) mass is 291 g/mol. The average molecular weight is 291 g/mol. The first-order valence-electron chi connectivity index (χ1n) is 7.70. The zero-order chi connectivity index (χ0) is 15.3. The van der Waals surface area contributed by atoms with Crippen molar-refractivity contribution in [1.29, 1.82) is 0 Å². The Morgan fingerprint density at radius 3 is 2.43 bits per heavy atom. The minimum Gasteiger partial charge on any atom is -0.491 e. The molecule has 1 aromatic rings. The number of benzene rings is 1. The van der Waals surface area contributed by atoms with E-state index in [9.17, 15) is 9.90 Å². The molecule has 1 fully saturated rings. The highest BCUT2D eigenvalue weighted by Crippen LogP contribution is 2.36. The van der Waals surface area contributed by atoms with Crippen molar-refractivity contribution < 1.29 is 14.6 Å². The van der Waals surface area contributed by atoms with Crippen LogP contribution < -0.4 is 10.1 Å². The lowest BCUT2D eigenvalue weighted by Crippen LogP contribution is -2.38. The molecule has 4 heteroatoms. The molecule has 0 atom stereocenters. The van der Waals surface area contributed by atoms with E-state index < -0.39 is 0 Å². The van der Waals surface area contributed by atoms with E-state index in [-0.39, 0.29) is 24.0 Å². The Morgan fingerprint density at radius 2 is 1.90 bits per heavy atom. The molecule has 21 heavy (non-hydrogen) atoms. The van der Waals surface area contributed by atoms with Crippen LogP contribution in [-0.4, -0.2) is 30.3 Å². The predicted octanol–water partition coefficient (Wildman–Crippen LogP) is 2.76. The van der Waals surface area contributed by atoms with Gasteiger partial charge in [-0.05, 0) is 51.0 Å². The number of ether oxygens (including phenoxy) is 1. The van der Waals surface area contributed by atoms with Gasteiger partial charge in [0.15, 0.2) is 0 Å². The predicted molar refractivity (Wildman–Crippen MR) is 82.5 cm³/mol. The van der Waals surface area contributed by atoms with Crippen molar-refractivity contribution in [3.05, 3.63) is 29.8 Å². The van der Waals surface area contributed by atoms with E-state index in [1.54, 1.807) is 12.1 Å². The van der Waals surface area contributed by atoms with Gasteiger partial charge >= 0.3 is 0 Å². The van der Waals surface area contributed by atoms with Crippen LogP contribution in [0.15, 0.2) is 24.3 Å². The number of carbonyl (C=O) groups is 1. The van der Waals surface area contributed by atoms with Crippen LogP contribution in [0.3, 0.4) is 0 Å². The Labute approximate surface area is 126 Å². The van der Waals surface area contributed by atoms with Gasteiger partial charge in [0, 0.05) is 17.5 Å². The van der Waals surface area contributed by atoms with Crippen LogP contribution in [0.4, 0.5) is 0 Å². The fraction of sp³-hybridized carbons (Fsp3) is 0.588. The van der Waals surface area contributed by atoms with Gasteiger partial charge in [-0.15, -0.1) is 0 Å². The fourth-order valence-electron chi connectivity index (χ4n) is 2.84. The number of carbonyl (C=O) groups excluding carboxylic acids is 1. The van der Waals surface area contributed by atoms with Crippen LogP contribution in [0, 0.1) is 5.41 Å². The molecular formula is C17H25NO3. The molecule has 0 heterocycles. The Hall–Kier alpha value is -1.55. The van der Waals surface area contributed by atoms with Crippen molar-refractivity contribution in [2.45, 2.75) is 45.6 Å². The quantitative estimate of drug-likeness (QED) is 0.847. The van der Waals surface area contributed by atoms with Gasteiger partial charge < -0.3 is 15.2 Å². The van der Waals surface area contributed by atoms with E-state index in [0.29, 0.717) is 12.1 Å². The zero-order valence-corrected chi connectivity index (χ0v) is 12.9. The maximum atomic E-state index is 12.2. The standard InChI is InChI=1S/C17H25NO3/c1-13(2)21-15-7-5-14(6-8-15)16(20)18-11-17(12-19)9-3-4-10-17/h5-8,13,19H,3-4,9-12H2,1-2H3,(H,18,20). The number of amides is 1. The van der Waals surface area contributed by atoms with Gasteiger partial charge in [0.1, 0.15) is 5.75 Å². The van der Waals surface area contributed by atoms with Gasteiger partial charge in [-0.25, -0.2) is 0 Å². The molecule has 1 amide bonds. The summed E-state index contributed by atoms with van der Waals surface area (Å²) in [6, 6.07) is 7.17. The van der Waals surface area contributed by atoms with Gasteiger partial charge in [-0.1, -0.05) is 12.8 Å². The topological polar surface area (TPSA) is 58.6 Å². The summed E-state index contributed by atoms with van der Waals surface area (Å²) in [7, 11) is 0. The molecule has 0 aliphatic heterocycles. The van der Waals surface area contributed by atoms with Crippen LogP contribution in [0.25, 0.3) is 0 Å². The number of hydrogen-bond donors (Lipinski definition) is 2. The summed E-state index contributed by atoms with van der Waals surface area (Å²) >= 11 is 0. The highest BCUT2D eigenvalue weighted by Gasteiger charge is 2.33. The summed E-state index contributed by atoms with van der Waals surface area (Å²) in [5.41, 5.74) is 0.508. The lowest BCUT2D eigenvalue weighted by Gasteiger charge is -2.26. The Balaban J connectivity index is 1.91. The van der Waals surface area contributed by atoms with E-state index in [1.807, 2.05) is 26.0 Å². The molecule has 0 radical (unpaired) electrons. The number of rotatable bonds is 6. The molecule has 116 valence electrons. The van der Waals surface area contributed by atoms with Crippen molar-refractivity contribution in [2.75, 3.05) is 13.2 Å². The molecule has 0 unspecified atom stereocenters. The van der Waals surface area contributed by atoms with Gasteiger partial charge in [0.2, 0.25) is 0 Å². The maximum Gasteiger partial charge on any atom is 0.251 e. The second-order valence-corrected chi connectivity index (χ2v) is 6.24. The summed E-state index contributed by atoms with van der Waals surface area (Å²) in [6.45, 7) is 4.63. The van der Waals surface area contributed by atoms with E-state index >= 15 is 0 Å². The molecule has 0 spiro atoms. The van der Waals surface area contributed by atoms with E-state index in [4.69, 9.17) is 4.74 Å². The zero-order valence-electron chi connectivity index (χ0n) is 12.9. The molecule has 0 aromatic heterocycles. The van der Waals surface area contributed by atoms with Gasteiger partial charge in [-0.3, -0.25) is 4.79 Å². The molecule has 1 aromatic carbocycles. The second kappa shape index (κ2) is 6.94. The molecule has 0 saturated heterocycles. The third kappa shape index (κ3) is 4.21. The van der Waals surface area contributed by atoms with Gasteiger partial charge in [-0.2, -0.15) is 0 Å². The number of nitrogens with one attached hydrogen (secondary N) is 1. The minimum atomic E-state index is -0.115. The van der Waals surface area contributed by atoms with Crippen LogP contribution in [0.1, 0.15) is 49.9 Å². The number of hydrogen-bond acceptors (Lipinski definition) is 3. The molecule has 2 rings (SSSR count). The Morgan fingerprint density at radius 1 is 1.29 bits per heavy atom. The molecule has 4 nitrogen and oxygen atoms in total. The molecule has 1 aliphatic carbocycles. The molecule has 1 saturated carbocycles. The molecule has 1 aliphatic rings. The maximum absolute atomic E-state index is 12.2. The summed E-state index contributed by atoms with van der Waals surface area (Å²) in [4.78, 5) is 12.2. The summed E-state index contributed by atoms with van der Waals surface area (Å²) < 4.78 is 5.56. The van der Waals surface area contributed by atoms with Crippen LogP contribution in [0.2, 0.25) is 0 Å². The normalized spacial score (nSPS) is 17.0. The summed E-state index contributed by atoms with van der Waals surface area (Å²) in [6.07, 6.45) is 4.38. The lowest BCUT2D eigenvalue weighted by molar-refractivity contribution is 0.0880.